The molecule has 2 heteroatoms. The van der Waals surface area contributed by atoms with Crippen molar-refractivity contribution in [2.24, 2.45) is 5.73 Å². The molecule has 2 unspecified atom stereocenters. The number of hydrogen-bond donors (Lipinski definition) is 1. The fourth-order valence-electron chi connectivity index (χ4n) is 3.08. The van der Waals surface area contributed by atoms with Gasteiger partial charge < -0.3 is 5.73 Å². The molecule has 0 aromatic heterocycles. The fraction of sp³-hybridized carbons (Fsp3) is 0.600. The Bertz CT molecular complexity index is 358. The molecule has 1 aliphatic carbocycles. The van der Waals surface area contributed by atoms with E-state index < -0.39 is 0 Å². The molecule has 0 spiro atoms. The SMILES string of the molecule is CCN(CC)C1CCCc2ccccc2C1N. The summed E-state index contributed by atoms with van der Waals surface area (Å²) in [5.41, 5.74) is 9.32. The van der Waals surface area contributed by atoms with Crippen molar-refractivity contribution in [2.45, 2.75) is 45.2 Å². The van der Waals surface area contributed by atoms with E-state index in [1.54, 1.807) is 0 Å². The molecule has 0 amide bonds. The summed E-state index contributed by atoms with van der Waals surface area (Å²) in [6.07, 6.45) is 3.66. The van der Waals surface area contributed by atoms with Gasteiger partial charge in [-0.05, 0) is 43.5 Å². The molecule has 0 bridgehead atoms. The number of nitrogens with zero attached hydrogens (tertiary/aromatic N) is 1. The zero-order valence-electron chi connectivity index (χ0n) is 11.0. The molecule has 1 aromatic carbocycles. The molecule has 0 fully saturated rings. The summed E-state index contributed by atoms with van der Waals surface area (Å²) in [6.45, 7) is 6.65. The van der Waals surface area contributed by atoms with Crippen LogP contribution in [0.5, 0.6) is 0 Å². The Morgan fingerprint density at radius 2 is 1.94 bits per heavy atom. The highest BCUT2D eigenvalue weighted by Crippen LogP contribution is 2.30. The maximum Gasteiger partial charge on any atom is 0.0455 e. The van der Waals surface area contributed by atoms with E-state index in [1.807, 2.05) is 0 Å². The highest BCUT2D eigenvalue weighted by atomic mass is 15.2. The number of likely N-dealkylation sites (N-methyl/N-ethyl adjacent to an activating group) is 1. The minimum atomic E-state index is 0.175. The van der Waals surface area contributed by atoms with Gasteiger partial charge in [0.2, 0.25) is 0 Å². The third kappa shape index (κ3) is 2.53. The van der Waals surface area contributed by atoms with Crippen molar-refractivity contribution < 1.29 is 0 Å². The predicted molar refractivity (Wildman–Crippen MR) is 73.0 cm³/mol. The van der Waals surface area contributed by atoms with Crippen LogP contribution in [0.15, 0.2) is 24.3 Å². The molecule has 2 N–H and O–H groups in total. The van der Waals surface area contributed by atoms with Crippen LogP contribution in [-0.2, 0) is 6.42 Å². The summed E-state index contributed by atoms with van der Waals surface area (Å²) in [4.78, 5) is 2.51. The van der Waals surface area contributed by atoms with Crippen molar-refractivity contribution in [1.82, 2.24) is 4.90 Å². The standard InChI is InChI=1S/C15H24N2/c1-3-17(4-2)14-11-7-9-12-8-5-6-10-13(12)15(14)16/h5-6,8,10,14-15H,3-4,7,9,11,16H2,1-2H3. The van der Waals surface area contributed by atoms with Crippen molar-refractivity contribution >= 4 is 0 Å². The maximum absolute atomic E-state index is 6.50. The van der Waals surface area contributed by atoms with Crippen LogP contribution in [0.2, 0.25) is 0 Å². The summed E-state index contributed by atoms with van der Waals surface area (Å²) >= 11 is 0. The number of nitrogens with two attached hydrogens (primary N) is 1. The second-order valence-electron chi connectivity index (χ2n) is 4.91. The first kappa shape index (κ1) is 12.6. The van der Waals surface area contributed by atoms with Crippen LogP contribution in [0.25, 0.3) is 0 Å². The van der Waals surface area contributed by atoms with Crippen LogP contribution >= 0.6 is 0 Å². The maximum atomic E-state index is 6.50. The minimum absolute atomic E-state index is 0.175. The van der Waals surface area contributed by atoms with Gasteiger partial charge in [0, 0.05) is 12.1 Å². The predicted octanol–water partition coefficient (Wildman–Crippen LogP) is 2.73. The second-order valence-corrected chi connectivity index (χ2v) is 4.91. The summed E-state index contributed by atoms with van der Waals surface area (Å²) in [5.74, 6) is 0. The summed E-state index contributed by atoms with van der Waals surface area (Å²) in [6, 6.07) is 9.37. The Hall–Kier alpha value is -0.860. The molecule has 1 aromatic rings. The first-order chi connectivity index (χ1) is 8.27. The molecule has 0 aliphatic heterocycles. The van der Waals surface area contributed by atoms with Gasteiger partial charge in [-0.15, -0.1) is 0 Å². The quantitative estimate of drug-likeness (QED) is 0.812. The first-order valence-corrected chi connectivity index (χ1v) is 6.85. The summed E-state index contributed by atoms with van der Waals surface area (Å²) in [5, 5.41) is 0. The van der Waals surface area contributed by atoms with E-state index >= 15 is 0 Å². The van der Waals surface area contributed by atoms with E-state index in [-0.39, 0.29) is 6.04 Å². The Labute approximate surface area is 105 Å². The molecule has 0 saturated heterocycles. The molecule has 2 nitrogen and oxygen atoms in total. The average Bonchev–Trinajstić information content (AvgIpc) is 2.53. The molecule has 2 atom stereocenters. The van der Waals surface area contributed by atoms with Crippen molar-refractivity contribution in [3.8, 4) is 0 Å². The van der Waals surface area contributed by atoms with Crippen LogP contribution in [0, 0.1) is 0 Å². The van der Waals surface area contributed by atoms with Crippen molar-refractivity contribution in [2.75, 3.05) is 13.1 Å². The smallest absolute Gasteiger partial charge is 0.0455 e. The van der Waals surface area contributed by atoms with Gasteiger partial charge in [-0.2, -0.15) is 0 Å². The lowest BCUT2D eigenvalue weighted by atomic mass is 9.96. The van der Waals surface area contributed by atoms with Gasteiger partial charge in [0.1, 0.15) is 0 Å². The lowest BCUT2D eigenvalue weighted by Crippen LogP contribution is -2.42. The van der Waals surface area contributed by atoms with E-state index in [2.05, 4.69) is 43.0 Å². The zero-order chi connectivity index (χ0) is 12.3. The normalized spacial score (nSPS) is 24.5. The fourth-order valence-corrected chi connectivity index (χ4v) is 3.08. The summed E-state index contributed by atoms with van der Waals surface area (Å²) < 4.78 is 0. The molecule has 1 aliphatic rings. The van der Waals surface area contributed by atoms with Crippen LogP contribution in [0.1, 0.15) is 43.9 Å². The van der Waals surface area contributed by atoms with E-state index in [1.165, 1.54) is 30.4 Å². The van der Waals surface area contributed by atoms with Crippen LogP contribution < -0.4 is 5.73 Å². The Morgan fingerprint density at radius 1 is 1.24 bits per heavy atom. The molecule has 94 valence electrons. The summed E-state index contributed by atoms with van der Waals surface area (Å²) in [7, 11) is 0. The van der Waals surface area contributed by atoms with Gasteiger partial charge in [0.05, 0.1) is 0 Å². The number of hydrogen-bond acceptors (Lipinski definition) is 2. The van der Waals surface area contributed by atoms with Gasteiger partial charge in [-0.1, -0.05) is 38.1 Å². The highest BCUT2D eigenvalue weighted by molar-refractivity contribution is 5.32. The van der Waals surface area contributed by atoms with Crippen LogP contribution in [0.3, 0.4) is 0 Å². The zero-order valence-corrected chi connectivity index (χ0v) is 11.0. The van der Waals surface area contributed by atoms with Crippen molar-refractivity contribution in [3.05, 3.63) is 35.4 Å². The molecule has 0 radical (unpaired) electrons. The first-order valence-electron chi connectivity index (χ1n) is 6.85. The van der Waals surface area contributed by atoms with E-state index in [0.29, 0.717) is 6.04 Å². The van der Waals surface area contributed by atoms with Crippen molar-refractivity contribution in [3.63, 3.8) is 0 Å². The molecule has 17 heavy (non-hydrogen) atoms. The molecular formula is C15H24N2. The van der Waals surface area contributed by atoms with E-state index in [9.17, 15) is 0 Å². The van der Waals surface area contributed by atoms with Crippen LogP contribution in [-0.4, -0.2) is 24.0 Å². The third-order valence-corrected chi connectivity index (χ3v) is 4.06. The number of benzene rings is 1. The Morgan fingerprint density at radius 3 is 2.65 bits per heavy atom. The minimum Gasteiger partial charge on any atom is -0.323 e. The monoisotopic (exact) mass is 232 g/mol. The molecule has 0 saturated carbocycles. The van der Waals surface area contributed by atoms with E-state index in [0.717, 1.165) is 13.1 Å². The number of rotatable bonds is 3. The third-order valence-electron chi connectivity index (χ3n) is 4.06. The highest BCUT2D eigenvalue weighted by Gasteiger charge is 2.27. The van der Waals surface area contributed by atoms with Crippen molar-refractivity contribution in [1.29, 1.82) is 0 Å². The molecular weight excluding hydrogens is 208 g/mol. The molecule has 0 heterocycles. The largest absolute Gasteiger partial charge is 0.323 e. The van der Waals surface area contributed by atoms with Gasteiger partial charge in [0.25, 0.3) is 0 Å². The second kappa shape index (κ2) is 5.65. The van der Waals surface area contributed by atoms with E-state index in [4.69, 9.17) is 5.73 Å². The Kier molecular flexibility index (Phi) is 4.19. The Balaban J connectivity index is 2.28. The molecule has 2 rings (SSSR count). The van der Waals surface area contributed by atoms with Crippen LogP contribution in [0.4, 0.5) is 0 Å². The number of fused-ring (bicyclic) bond motifs is 1. The number of aryl methyl sites for hydroxylation is 1. The van der Waals surface area contributed by atoms with Gasteiger partial charge >= 0.3 is 0 Å². The average molecular weight is 232 g/mol. The van der Waals surface area contributed by atoms with Gasteiger partial charge in [-0.25, -0.2) is 0 Å². The lowest BCUT2D eigenvalue weighted by Gasteiger charge is -2.33. The lowest BCUT2D eigenvalue weighted by molar-refractivity contribution is 0.179. The topological polar surface area (TPSA) is 29.3 Å². The van der Waals surface area contributed by atoms with Gasteiger partial charge in [0.15, 0.2) is 0 Å². The van der Waals surface area contributed by atoms with Gasteiger partial charge in [-0.3, -0.25) is 4.90 Å².